The van der Waals surface area contributed by atoms with Gasteiger partial charge >= 0.3 is 0 Å². The second-order valence-electron chi connectivity index (χ2n) is 0.719. The van der Waals surface area contributed by atoms with E-state index in [1.54, 1.807) is 0 Å². The molecule has 0 bridgehead atoms. The summed E-state index contributed by atoms with van der Waals surface area (Å²) >= 11 is 2.32. The molecule has 0 fully saturated rings. The van der Waals surface area contributed by atoms with Crippen LogP contribution in [0, 0.1) is 0 Å². The standard InChI is InChI=1S/C6H13Br/c1-2-3-4-5-6-7/h2-6H2,1H3/i2D2,3D2,4D2,5D2,6D2. The smallest absolute Gasteiger partial charge is 0.0387 e. The Labute approximate surface area is 68.5 Å². The Bertz CT molecular complexity index is 256. The zero-order valence-corrected chi connectivity index (χ0v) is 5.46. The van der Waals surface area contributed by atoms with Crippen molar-refractivity contribution in [3.8, 4) is 0 Å². The van der Waals surface area contributed by atoms with Gasteiger partial charge < -0.3 is 0 Å². The fourth-order valence-corrected chi connectivity index (χ4v) is 0.216. The molecular formula is C6H13Br. The lowest BCUT2D eigenvalue weighted by molar-refractivity contribution is 0.708. The van der Waals surface area contributed by atoms with E-state index in [4.69, 9.17) is 13.7 Å². The molecule has 0 unspecified atom stereocenters. The van der Waals surface area contributed by atoms with Crippen LogP contribution in [0.15, 0.2) is 0 Å². The van der Waals surface area contributed by atoms with Crippen LogP contribution in [0.5, 0.6) is 0 Å². The van der Waals surface area contributed by atoms with Gasteiger partial charge in [-0.05, 0) is 6.37 Å². The second-order valence-corrected chi connectivity index (χ2v) is 1.12. The Balaban J connectivity index is 5.73. The maximum absolute atomic E-state index is 7.45. The lowest BCUT2D eigenvalue weighted by Gasteiger charge is -1.89. The van der Waals surface area contributed by atoms with Gasteiger partial charge in [0.15, 0.2) is 0 Å². The minimum atomic E-state index is -3.37. The number of halogens is 1. The van der Waals surface area contributed by atoms with E-state index < -0.39 is 30.8 Å². The number of hydrogen-bond donors (Lipinski definition) is 0. The molecule has 0 saturated heterocycles. The molecule has 0 nitrogen and oxygen atoms in total. The average Bonchev–Trinajstić information content (AvgIpc) is 1.98. The molecule has 0 N–H and O–H groups in total. The molecule has 0 aromatic rings. The summed E-state index contributed by atoms with van der Waals surface area (Å²) in [6.07, 6.45) is -12.5. The summed E-state index contributed by atoms with van der Waals surface area (Å²) in [7, 11) is 0. The predicted octanol–water partition coefficient (Wildman–Crippen LogP) is 2.96. The van der Waals surface area contributed by atoms with Crippen LogP contribution < -0.4 is 0 Å². The van der Waals surface area contributed by atoms with E-state index in [2.05, 4.69) is 15.9 Å². The molecule has 1 heteroatoms. The molecule has 0 saturated carbocycles. The van der Waals surface area contributed by atoms with Gasteiger partial charge in [-0.25, -0.2) is 0 Å². The highest BCUT2D eigenvalue weighted by Gasteiger charge is 1.81. The van der Waals surface area contributed by atoms with Crippen LogP contribution in [-0.4, -0.2) is 5.28 Å². The summed E-state index contributed by atoms with van der Waals surface area (Å²) in [4.78, 5) is 0. The van der Waals surface area contributed by atoms with E-state index in [1.165, 1.54) is 0 Å². The third-order valence-corrected chi connectivity index (χ3v) is 0.495. The van der Waals surface area contributed by atoms with E-state index in [-0.39, 0.29) is 0 Å². The van der Waals surface area contributed by atoms with Gasteiger partial charge in [-0.3, -0.25) is 0 Å². The topological polar surface area (TPSA) is 0 Å². The van der Waals surface area contributed by atoms with Gasteiger partial charge in [0.25, 0.3) is 0 Å². The van der Waals surface area contributed by atoms with Crippen LogP contribution in [0.4, 0.5) is 0 Å². The first-order chi connectivity index (χ1) is 7.00. The normalized spacial score (nSPS) is 40.9. The van der Waals surface area contributed by atoms with Crippen LogP contribution >= 0.6 is 15.9 Å². The molecule has 0 radical (unpaired) electrons. The monoisotopic (exact) mass is 174 g/mol. The first-order valence-corrected chi connectivity index (χ1v) is 2.48. The number of alkyl halides is 1. The van der Waals surface area contributed by atoms with E-state index >= 15 is 0 Å². The van der Waals surface area contributed by atoms with Crippen LogP contribution in [-0.2, 0) is 0 Å². The third kappa shape index (κ3) is 6.48. The van der Waals surface area contributed by atoms with Gasteiger partial charge in [0.2, 0.25) is 0 Å². The van der Waals surface area contributed by atoms with Gasteiger partial charge in [0.05, 0.1) is 0 Å². The zero-order chi connectivity index (χ0) is 14.5. The molecule has 7 heavy (non-hydrogen) atoms. The fraction of sp³-hybridized carbons (Fsp3) is 1.00. The lowest BCUT2D eigenvalue weighted by atomic mass is 10.2. The highest BCUT2D eigenvalue weighted by atomic mass is 79.9. The molecule has 44 valence electrons. The predicted molar refractivity (Wildman–Crippen MR) is 37.9 cm³/mol. The Morgan fingerprint density at radius 3 is 2.57 bits per heavy atom. The van der Waals surface area contributed by atoms with Gasteiger partial charge in [0.1, 0.15) is 0 Å². The van der Waals surface area contributed by atoms with E-state index in [0.717, 1.165) is 6.92 Å². The van der Waals surface area contributed by atoms with Crippen molar-refractivity contribution in [1.29, 1.82) is 0 Å². The molecule has 0 heterocycles. The summed E-state index contributed by atoms with van der Waals surface area (Å²) in [5, 5.41) is -2.83. The third-order valence-electron chi connectivity index (χ3n) is 0.297. The molecule has 0 aliphatic rings. The SMILES string of the molecule is [2H]C([2H])(C)C([2H])([2H])C([2H])([2H])C([2H])([2H])C([2H])([2H])Br. The van der Waals surface area contributed by atoms with Crippen LogP contribution in [0.1, 0.15) is 46.1 Å². The Morgan fingerprint density at radius 1 is 1.43 bits per heavy atom. The van der Waals surface area contributed by atoms with Crippen molar-refractivity contribution in [1.82, 2.24) is 0 Å². The summed E-state index contributed by atoms with van der Waals surface area (Å²) in [5.41, 5.74) is 0. The second kappa shape index (κ2) is 6.48. The Hall–Kier alpha value is 0.480. The first-order valence-electron chi connectivity index (χ1n) is 6.69. The van der Waals surface area contributed by atoms with Crippen molar-refractivity contribution in [3.63, 3.8) is 0 Å². The highest BCUT2D eigenvalue weighted by Crippen LogP contribution is 1.99. The maximum atomic E-state index is 7.45. The fourth-order valence-electron chi connectivity index (χ4n) is 0.117. The minimum absolute atomic E-state index is 0.782. The Morgan fingerprint density at radius 2 is 2.14 bits per heavy atom. The van der Waals surface area contributed by atoms with Crippen LogP contribution in [0.3, 0.4) is 0 Å². The van der Waals surface area contributed by atoms with Crippen molar-refractivity contribution in [2.45, 2.75) is 32.4 Å². The van der Waals surface area contributed by atoms with Gasteiger partial charge in [-0.2, -0.15) is 0 Å². The molecular weight excluding hydrogens is 152 g/mol. The Kier molecular flexibility index (Phi) is 1.07. The summed E-state index contributed by atoms with van der Waals surface area (Å²) < 4.78 is 73.2. The van der Waals surface area contributed by atoms with E-state index in [0.29, 0.717) is 0 Å². The summed E-state index contributed by atoms with van der Waals surface area (Å²) in [6.45, 7) is 0.782. The molecule has 0 aromatic heterocycles. The zero-order valence-electron chi connectivity index (χ0n) is 13.9. The molecule has 0 atom stereocenters. The van der Waals surface area contributed by atoms with Crippen LogP contribution in [0.25, 0.3) is 0 Å². The minimum Gasteiger partial charge on any atom is -0.0928 e. The first kappa shape index (κ1) is 1.16. The van der Waals surface area contributed by atoms with Gasteiger partial charge in [-0.1, -0.05) is 42.0 Å². The van der Waals surface area contributed by atoms with Gasteiger partial charge in [-0.15, -0.1) is 0 Å². The molecule has 0 rings (SSSR count). The number of hydrogen-bond acceptors (Lipinski definition) is 0. The molecule has 0 aromatic carbocycles. The summed E-state index contributed by atoms with van der Waals surface area (Å²) in [6, 6.07) is 0. The van der Waals surface area contributed by atoms with Crippen molar-refractivity contribution in [2.75, 3.05) is 5.28 Å². The van der Waals surface area contributed by atoms with E-state index in [1.807, 2.05) is 0 Å². The molecule has 0 spiro atoms. The molecule has 0 aliphatic carbocycles. The molecule has 0 amide bonds. The quantitative estimate of drug-likeness (QED) is 0.576. The van der Waals surface area contributed by atoms with E-state index in [9.17, 15) is 0 Å². The molecule has 0 aliphatic heterocycles. The highest BCUT2D eigenvalue weighted by molar-refractivity contribution is 9.09. The van der Waals surface area contributed by atoms with Crippen molar-refractivity contribution in [2.24, 2.45) is 0 Å². The lowest BCUT2D eigenvalue weighted by Crippen LogP contribution is -1.73. The maximum Gasteiger partial charge on any atom is 0.0387 e. The number of rotatable bonds is 4. The van der Waals surface area contributed by atoms with Crippen molar-refractivity contribution < 1.29 is 13.7 Å². The van der Waals surface area contributed by atoms with Crippen molar-refractivity contribution in [3.05, 3.63) is 0 Å². The van der Waals surface area contributed by atoms with Crippen LogP contribution in [0.2, 0.25) is 0 Å². The van der Waals surface area contributed by atoms with Gasteiger partial charge in [0, 0.05) is 19.0 Å². The largest absolute Gasteiger partial charge is 0.0928 e. The summed E-state index contributed by atoms with van der Waals surface area (Å²) in [5.74, 6) is 0. The average molecular weight is 175 g/mol. The van der Waals surface area contributed by atoms with Crippen molar-refractivity contribution >= 4 is 15.9 Å².